The van der Waals surface area contributed by atoms with Crippen LogP contribution in [0.5, 0.6) is 5.75 Å². The van der Waals surface area contributed by atoms with E-state index in [9.17, 15) is 0 Å². The molecule has 0 amide bonds. The van der Waals surface area contributed by atoms with Crippen molar-refractivity contribution < 1.29 is 4.74 Å². The third-order valence-corrected chi connectivity index (χ3v) is 5.07. The van der Waals surface area contributed by atoms with Crippen LogP contribution in [-0.4, -0.2) is 38.2 Å². The van der Waals surface area contributed by atoms with Crippen LogP contribution in [-0.2, 0) is 6.54 Å². The van der Waals surface area contributed by atoms with Crippen molar-refractivity contribution in [2.24, 2.45) is 0 Å². The molecule has 0 atom stereocenters. The number of benzene rings is 3. The van der Waals surface area contributed by atoms with E-state index in [2.05, 4.69) is 64.4 Å². The fourth-order valence-corrected chi connectivity index (χ4v) is 3.71. The van der Waals surface area contributed by atoms with E-state index >= 15 is 0 Å². The van der Waals surface area contributed by atoms with Crippen LogP contribution >= 0.6 is 0 Å². The Labute approximate surface area is 149 Å². The highest BCUT2D eigenvalue weighted by Gasteiger charge is 2.19. The van der Waals surface area contributed by atoms with Gasteiger partial charge in [-0.15, -0.1) is 0 Å². The Morgan fingerprint density at radius 2 is 1.52 bits per heavy atom. The number of ether oxygens (including phenoxy) is 1. The summed E-state index contributed by atoms with van der Waals surface area (Å²) in [7, 11) is 1.75. The van der Waals surface area contributed by atoms with Gasteiger partial charge in [-0.05, 0) is 28.5 Å². The Morgan fingerprint density at radius 3 is 2.36 bits per heavy atom. The first-order chi connectivity index (χ1) is 12.3. The second-order valence-corrected chi connectivity index (χ2v) is 6.57. The Morgan fingerprint density at radius 1 is 0.800 bits per heavy atom. The van der Waals surface area contributed by atoms with Crippen molar-refractivity contribution in [2.45, 2.75) is 6.54 Å². The van der Waals surface area contributed by atoms with Crippen molar-refractivity contribution in [3.05, 3.63) is 72.3 Å². The molecule has 1 aliphatic rings. The van der Waals surface area contributed by atoms with Crippen molar-refractivity contribution in [1.82, 2.24) is 4.90 Å². The summed E-state index contributed by atoms with van der Waals surface area (Å²) < 4.78 is 5.51. The van der Waals surface area contributed by atoms with E-state index in [4.69, 9.17) is 4.74 Å². The molecule has 3 heteroatoms. The third-order valence-electron chi connectivity index (χ3n) is 5.07. The maximum atomic E-state index is 5.51. The maximum absolute atomic E-state index is 5.51. The molecule has 0 unspecified atom stereocenters. The lowest BCUT2D eigenvalue weighted by Gasteiger charge is -2.36. The van der Waals surface area contributed by atoms with Gasteiger partial charge in [-0.25, -0.2) is 0 Å². The molecule has 25 heavy (non-hydrogen) atoms. The number of piperazine rings is 1. The summed E-state index contributed by atoms with van der Waals surface area (Å²) in [6, 6.07) is 23.6. The number of para-hydroxylation sites is 2. The first-order valence-electron chi connectivity index (χ1n) is 8.92. The summed E-state index contributed by atoms with van der Waals surface area (Å²) in [5, 5.41) is 2.70. The summed E-state index contributed by atoms with van der Waals surface area (Å²) >= 11 is 0. The van der Waals surface area contributed by atoms with Gasteiger partial charge in [-0.3, -0.25) is 4.90 Å². The zero-order chi connectivity index (χ0) is 17.1. The lowest BCUT2D eigenvalue weighted by Crippen LogP contribution is -2.46. The Kier molecular flexibility index (Phi) is 4.57. The average molecular weight is 332 g/mol. The van der Waals surface area contributed by atoms with Crippen LogP contribution in [0.3, 0.4) is 0 Å². The maximum Gasteiger partial charge on any atom is 0.142 e. The van der Waals surface area contributed by atoms with Crippen LogP contribution in [0.4, 0.5) is 5.69 Å². The van der Waals surface area contributed by atoms with Gasteiger partial charge >= 0.3 is 0 Å². The molecule has 1 aliphatic heterocycles. The molecule has 0 aliphatic carbocycles. The van der Waals surface area contributed by atoms with E-state index in [1.54, 1.807) is 7.11 Å². The van der Waals surface area contributed by atoms with E-state index in [0.717, 1.165) is 38.5 Å². The van der Waals surface area contributed by atoms with Crippen LogP contribution in [0.15, 0.2) is 66.7 Å². The molecule has 3 nitrogen and oxygen atoms in total. The molecule has 1 fully saturated rings. The molecule has 0 aromatic heterocycles. The minimum Gasteiger partial charge on any atom is -0.495 e. The highest BCUT2D eigenvalue weighted by Crippen LogP contribution is 2.29. The summed E-state index contributed by atoms with van der Waals surface area (Å²) in [6.45, 7) is 5.22. The second-order valence-electron chi connectivity index (χ2n) is 6.57. The summed E-state index contributed by atoms with van der Waals surface area (Å²) in [4.78, 5) is 4.98. The first-order valence-corrected chi connectivity index (χ1v) is 8.92. The van der Waals surface area contributed by atoms with Gasteiger partial charge in [0.1, 0.15) is 5.75 Å². The zero-order valence-corrected chi connectivity index (χ0v) is 14.7. The lowest BCUT2D eigenvalue weighted by molar-refractivity contribution is 0.250. The number of nitrogens with zero attached hydrogens (tertiary/aromatic N) is 2. The Balaban J connectivity index is 1.45. The third kappa shape index (κ3) is 3.33. The van der Waals surface area contributed by atoms with Gasteiger partial charge in [0.25, 0.3) is 0 Å². The molecule has 3 aromatic rings. The number of rotatable bonds is 4. The van der Waals surface area contributed by atoms with Gasteiger partial charge in [0.05, 0.1) is 12.8 Å². The largest absolute Gasteiger partial charge is 0.495 e. The number of methoxy groups -OCH3 is 1. The lowest BCUT2D eigenvalue weighted by atomic mass is 10.0. The highest BCUT2D eigenvalue weighted by molar-refractivity contribution is 5.85. The molecule has 1 heterocycles. The van der Waals surface area contributed by atoms with E-state index < -0.39 is 0 Å². The molecule has 1 saturated heterocycles. The number of fused-ring (bicyclic) bond motifs is 1. The zero-order valence-electron chi connectivity index (χ0n) is 14.7. The van der Waals surface area contributed by atoms with Gasteiger partial charge in [0.15, 0.2) is 0 Å². The van der Waals surface area contributed by atoms with Gasteiger partial charge < -0.3 is 9.64 Å². The van der Waals surface area contributed by atoms with Crippen LogP contribution < -0.4 is 9.64 Å². The van der Waals surface area contributed by atoms with Crippen LogP contribution in [0, 0.1) is 0 Å². The average Bonchev–Trinajstić information content (AvgIpc) is 2.69. The Bertz CT molecular complexity index is 848. The van der Waals surface area contributed by atoms with Crippen molar-refractivity contribution in [1.29, 1.82) is 0 Å². The predicted octanol–water partition coefficient (Wildman–Crippen LogP) is 4.17. The van der Waals surface area contributed by atoms with Gasteiger partial charge in [-0.1, -0.05) is 54.6 Å². The van der Waals surface area contributed by atoms with Gasteiger partial charge in [0, 0.05) is 32.7 Å². The fraction of sp³-hybridized carbons (Fsp3) is 0.273. The van der Waals surface area contributed by atoms with E-state index in [1.807, 2.05) is 12.1 Å². The van der Waals surface area contributed by atoms with Crippen molar-refractivity contribution in [3.63, 3.8) is 0 Å². The molecule has 0 bridgehead atoms. The molecule has 4 rings (SSSR count). The molecule has 0 radical (unpaired) electrons. The fourth-order valence-electron chi connectivity index (χ4n) is 3.71. The normalized spacial score (nSPS) is 15.5. The van der Waals surface area contributed by atoms with E-state index in [1.165, 1.54) is 22.0 Å². The van der Waals surface area contributed by atoms with Crippen LogP contribution in [0.25, 0.3) is 10.8 Å². The topological polar surface area (TPSA) is 15.7 Å². The van der Waals surface area contributed by atoms with E-state index in [0.29, 0.717) is 0 Å². The van der Waals surface area contributed by atoms with Gasteiger partial charge in [0.2, 0.25) is 0 Å². The predicted molar refractivity (Wildman–Crippen MR) is 104 cm³/mol. The number of hydrogen-bond acceptors (Lipinski definition) is 3. The molecular weight excluding hydrogens is 308 g/mol. The minimum absolute atomic E-state index is 0.963. The smallest absolute Gasteiger partial charge is 0.142 e. The van der Waals surface area contributed by atoms with E-state index in [-0.39, 0.29) is 0 Å². The number of anilines is 1. The molecule has 0 N–H and O–H groups in total. The summed E-state index contributed by atoms with van der Waals surface area (Å²) in [5.74, 6) is 0.963. The van der Waals surface area contributed by atoms with Gasteiger partial charge in [-0.2, -0.15) is 0 Å². The van der Waals surface area contributed by atoms with Crippen molar-refractivity contribution in [3.8, 4) is 5.75 Å². The number of hydrogen-bond donors (Lipinski definition) is 0. The molecule has 0 spiro atoms. The standard InChI is InChI=1S/C22H24N2O/c1-25-22-12-5-4-11-21(22)24-15-13-23(14-16-24)17-19-9-6-8-18-7-2-3-10-20(18)19/h2-12H,13-17H2,1H3. The summed E-state index contributed by atoms with van der Waals surface area (Å²) in [6.07, 6.45) is 0. The van der Waals surface area contributed by atoms with Crippen LogP contribution in [0.2, 0.25) is 0 Å². The van der Waals surface area contributed by atoms with Crippen LogP contribution in [0.1, 0.15) is 5.56 Å². The summed E-state index contributed by atoms with van der Waals surface area (Å²) in [5.41, 5.74) is 2.62. The first kappa shape index (κ1) is 16.0. The SMILES string of the molecule is COc1ccccc1N1CCN(Cc2cccc3ccccc23)CC1. The monoisotopic (exact) mass is 332 g/mol. The molecule has 0 saturated carbocycles. The molecular formula is C22H24N2O. The second kappa shape index (κ2) is 7.16. The minimum atomic E-state index is 0.963. The van der Waals surface area contributed by atoms with Crippen molar-refractivity contribution in [2.75, 3.05) is 38.2 Å². The molecule has 3 aromatic carbocycles. The Hall–Kier alpha value is -2.52. The van der Waals surface area contributed by atoms with Crippen molar-refractivity contribution >= 4 is 16.5 Å². The highest BCUT2D eigenvalue weighted by atomic mass is 16.5. The molecule has 128 valence electrons. The quantitative estimate of drug-likeness (QED) is 0.713.